The summed E-state index contributed by atoms with van der Waals surface area (Å²) in [6, 6.07) is 22.6. The van der Waals surface area contributed by atoms with Gasteiger partial charge in [-0.15, -0.1) is 0 Å². The molecule has 0 radical (unpaired) electrons. The van der Waals surface area contributed by atoms with E-state index in [-0.39, 0.29) is 17.1 Å². The van der Waals surface area contributed by atoms with Crippen molar-refractivity contribution in [3.63, 3.8) is 0 Å². The van der Waals surface area contributed by atoms with Gasteiger partial charge in [0.1, 0.15) is 11.6 Å². The van der Waals surface area contributed by atoms with Gasteiger partial charge in [0.15, 0.2) is 0 Å². The van der Waals surface area contributed by atoms with Crippen LogP contribution in [0.3, 0.4) is 0 Å². The largest absolute Gasteiger partial charge is 0.508 e. The Balaban J connectivity index is 1.62. The van der Waals surface area contributed by atoms with E-state index in [1.165, 1.54) is 12.1 Å². The van der Waals surface area contributed by atoms with Crippen molar-refractivity contribution in [3.8, 4) is 16.9 Å². The SMILES string of the molecule is O=C(O)c1ccc(-c2ccc(F)cc2)cc1CCc1ccc2cc(O)ccc2c1. The van der Waals surface area contributed by atoms with Crippen LogP contribution in [-0.4, -0.2) is 16.2 Å². The van der Waals surface area contributed by atoms with E-state index in [0.717, 1.165) is 33.0 Å². The van der Waals surface area contributed by atoms with E-state index >= 15 is 0 Å². The maximum absolute atomic E-state index is 13.2. The van der Waals surface area contributed by atoms with Gasteiger partial charge in [-0.1, -0.05) is 48.5 Å². The number of carbonyl (C=O) groups is 1. The molecule has 4 aromatic carbocycles. The maximum atomic E-state index is 13.2. The van der Waals surface area contributed by atoms with Gasteiger partial charge in [0, 0.05) is 0 Å². The highest BCUT2D eigenvalue weighted by molar-refractivity contribution is 5.90. The monoisotopic (exact) mass is 386 g/mol. The van der Waals surface area contributed by atoms with E-state index < -0.39 is 5.97 Å². The molecule has 2 N–H and O–H groups in total. The van der Waals surface area contributed by atoms with Crippen LogP contribution in [0.1, 0.15) is 21.5 Å². The fourth-order valence-corrected chi connectivity index (χ4v) is 3.55. The van der Waals surface area contributed by atoms with Crippen LogP contribution in [0.4, 0.5) is 4.39 Å². The van der Waals surface area contributed by atoms with Crippen LogP contribution in [0, 0.1) is 5.82 Å². The van der Waals surface area contributed by atoms with Gasteiger partial charge >= 0.3 is 5.97 Å². The van der Waals surface area contributed by atoms with E-state index in [2.05, 4.69) is 6.07 Å². The summed E-state index contributed by atoms with van der Waals surface area (Å²) in [5.74, 6) is -1.03. The lowest BCUT2D eigenvalue weighted by Gasteiger charge is -2.10. The molecule has 4 rings (SSSR count). The summed E-state index contributed by atoms with van der Waals surface area (Å²) in [6.45, 7) is 0. The quantitative estimate of drug-likeness (QED) is 0.453. The highest BCUT2D eigenvalue weighted by Crippen LogP contribution is 2.25. The standard InChI is InChI=1S/C25H19FO3/c26-22-9-5-17(6-10-22)19-8-12-24(25(28)29)21(14-19)4-2-16-1-3-20-15-23(27)11-7-18(20)13-16/h1,3,5-15,27H,2,4H2,(H,28,29). The minimum Gasteiger partial charge on any atom is -0.508 e. The number of hydrogen-bond acceptors (Lipinski definition) is 2. The van der Waals surface area contributed by atoms with E-state index in [1.807, 2.05) is 24.3 Å². The minimum atomic E-state index is -0.959. The van der Waals surface area contributed by atoms with Crippen molar-refractivity contribution in [3.05, 3.63) is 101 Å². The van der Waals surface area contributed by atoms with Crippen molar-refractivity contribution in [2.75, 3.05) is 0 Å². The number of aromatic hydroxyl groups is 1. The van der Waals surface area contributed by atoms with E-state index in [9.17, 15) is 19.4 Å². The summed E-state index contributed by atoms with van der Waals surface area (Å²) in [6.07, 6.45) is 1.25. The molecule has 0 spiro atoms. The topological polar surface area (TPSA) is 57.5 Å². The lowest BCUT2D eigenvalue weighted by atomic mass is 9.94. The first-order valence-corrected chi connectivity index (χ1v) is 9.33. The normalized spacial score (nSPS) is 10.9. The Bertz CT molecular complexity index is 1200. The number of rotatable bonds is 5. The number of carboxylic acids is 1. The van der Waals surface area contributed by atoms with Crippen LogP contribution in [0.15, 0.2) is 78.9 Å². The zero-order chi connectivity index (χ0) is 20.4. The lowest BCUT2D eigenvalue weighted by molar-refractivity contribution is 0.0695. The molecule has 0 aliphatic heterocycles. The fraction of sp³-hybridized carbons (Fsp3) is 0.0800. The first-order valence-electron chi connectivity index (χ1n) is 9.33. The molecule has 0 saturated heterocycles. The third kappa shape index (κ3) is 4.11. The predicted octanol–water partition coefficient (Wildman–Crippen LogP) is 5.83. The van der Waals surface area contributed by atoms with Crippen LogP contribution in [0.25, 0.3) is 21.9 Å². The van der Waals surface area contributed by atoms with Crippen LogP contribution in [0.2, 0.25) is 0 Å². The highest BCUT2D eigenvalue weighted by atomic mass is 19.1. The van der Waals surface area contributed by atoms with Gasteiger partial charge in [-0.3, -0.25) is 0 Å². The van der Waals surface area contributed by atoms with Gasteiger partial charge in [0.05, 0.1) is 5.56 Å². The van der Waals surface area contributed by atoms with Crippen molar-refractivity contribution < 1.29 is 19.4 Å². The highest BCUT2D eigenvalue weighted by Gasteiger charge is 2.12. The van der Waals surface area contributed by atoms with Crippen molar-refractivity contribution in [1.82, 2.24) is 0 Å². The molecule has 0 fully saturated rings. The average molecular weight is 386 g/mol. The number of fused-ring (bicyclic) bond motifs is 1. The van der Waals surface area contributed by atoms with Gasteiger partial charge in [0.25, 0.3) is 0 Å². The Kier molecular flexibility index (Phi) is 5.00. The molecule has 0 bridgehead atoms. The number of aromatic carboxylic acids is 1. The summed E-state index contributed by atoms with van der Waals surface area (Å²) in [5.41, 5.74) is 3.81. The van der Waals surface area contributed by atoms with Crippen LogP contribution < -0.4 is 0 Å². The Morgan fingerprint density at radius 1 is 0.759 bits per heavy atom. The Morgan fingerprint density at radius 3 is 2.21 bits per heavy atom. The fourth-order valence-electron chi connectivity index (χ4n) is 3.55. The Labute approximate surface area is 167 Å². The van der Waals surface area contributed by atoms with Gasteiger partial charge < -0.3 is 10.2 Å². The molecule has 0 amide bonds. The summed E-state index contributed by atoms with van der Waals surface area (Å²) >= 11 is 0. The van der Waals surface area contributed by atoms with Crippen molar-refractivity contribution in [2.24, 2.45) is 0 Å². The minimum absolute atomic E-state index is 0.231. The van der Waals surface area contributed by atoms with E-state index in [4.69, 9.17) is 0 Å². The molecular weight excluding hydrogens is 367 g/mol. The first kappa shape index (κ1) is 18.7. The predicted molar refractivity (Wildman–Crippen MR) is 112 cm³/mol. The second-order valence-corrected chi connectivity index (χ2v) is 7.05. The van der Waals surface area contributed by atoms with Gasteiger partial charge in [-0.25, -0.2) is 9.18 Å². The Morgan fingerprint density at radius 2 is 1.45 bits per heavy atom. The summed E-state index contributed by atoms with van der Waals surface area (Å²) in [4.78, 5) is 11.7. The molecule has 0 aliphatic rings. The van der Waals surface area contributed by atoms with Gasteiger partial charge in [0.2, 0.25) is 0 Å². The number of hydrogen-bond donors (Lipinski definition) is 2. The molecule has 3 nitrogen and oxygen atoms in total. The molecule has 0 unspecified atom stereocenters. The number of halogens is 1. The summed E-state index contributed by atoms with van der Waals surface area (Å²) in [7, 11) is 0. The number of phenolic OH excluding ortho intramolecular Hbond substituents is 1. The Hall–Kier alpha value is -3.66. The second kappa shape index (κ2) is 7.76. The molecule has 29 heavy (non-hydrogen) atoms. The smallest absolute Gasteiger partial charge is 0.335 e. The molecule has 0 atom stereocenters. The van der Waals surface area contributed by atoms with Crippen molar-refractivity contribution in [2.45, 2.75) is 12.8 Å². The number of phenols is 1. The molecule has 144 valence electrons. The summed E-state index contributed by atoms with van der Waals surface area (Å²) in [5, 5.41) is 21.1. The number of aryl methyl sites for hydroxylation is 2. The van der Waals surface area contributed by atoms with E-state index in [1.54, 1.807) is 36.4 Å². The third-order valence-corrected chi connectivity index (χ3v) is 5.08. The van der Waals surface area contributed by atoms with E-state index in [0.29, 0.717) is 12.8 Å². The third-order valence-electron chi connectivity index (χ3n) is 5.08. The number of benzene rings is 4. The van der Waals surface area contributed by atoms with Gasteiger partial charge in [-0.2, -0.15) is 0 Å². The van der Waals surface area contributed by atoms with Crippen molar-refractivity contribution in [1.29, 1.82) is 0 Å². The molecular formula is C25H19FO3. The summed E-state index contributed by atoms with van der Waals surface area (Å²) < 4.78 is 13.2. The van der Waals surface area contributed by atoms with Crippen LogP contribution >= 0.6 is 0 Å². The van der Waals surface area contributed by atoms with Gasteiger partial charge in [-0.05, 0) is 76.2 Å². The zero-order valence-corrected chi connectivity index (χ0v) is 15.6. The molecule has 4 heteroatoms. The number of carboxylic acid groups (broad SMARTS) is 1. The average Bonchev–Trinajstić information content (AvgIpc) is 2.72. The molecule has 4 aromatic rings. The maximum Gasteiger partial charge on any atom is 0.335 e. The molecule has 0 aliphatic carbocycles. The lowest BCUT2D eigenvalue weighted by Crippen LogP contribution is -2.04. The van der Waals surface area contributed by atoms with Crippen molar-refractivity contribution >= 4 is 16.7 Å². The van der Waals surface area contributed by atoms with Crippen LogP contribution in [0.5, 0.6) is 5.75 Å². The molecule has 0 saturated carbocycles. The van der Waals surface area contributed by atoms with Crippen LogP contribution in [-0.2, 0) is 12.8 Å². The molecule has 0 aromatic heterocycles. The molecule has 0 heterocycles. The zero-order valence-electron chi connectivity index (χ0n) is 15.6. The first-order chi connectivity index (χ1) is 14.0. The second-order valence-electron chi connectivity index (χ2n) is 7.05.